The molecule has 32 heavy (non-hydrogen) atoms. The van der Waals surface area contributed by atoms with Gasteiger partial charge in [0.1, 0.15) is 6.04 Å². The summed E-state index contributed by atoms with van der Waals surface area (Å²) in [6, 6.07) is 1.88. The van der Waals surface area contributed by atoms with Crippen LogP contribution in [0.15, 0.2) is 30.7 Å². The molecule has 2 heterocycles. The molecule has 0 unspecified atom stereocenters. The third-order valence-electron chi connectivity index (χ3n) is 4.05. The van der Waals surface area contributed by atoms with Crippen molar-refractivity contribution >= 4 is 39.4 Å². The van der Waals surface area contributed by atoms with E-state index < -0.39 is 29.9 Å². The van der Waals surface area contributed by atoms with Crippen LogP contribution in [-0.2, 0) is 25.5 Å². The van der Waals surface area contributed by atoms with E-state index in [4.69, 9.17) is 9.47 Å². The summed E-state index contributed by atoms with van der Waals surface area (Å²) in [6.07, 6.45) is 4.87. The van der Waals surface area contributed by atoms with E-state index in [0.717, 1.165) is 5.56 Å². The van der Waals surface area contributed by atoms with Gasteiger partial charge in [-0.25, -0.2) is 14.3 Å². The summed E-state index contributed by atoms with van der Waals surface area (Å²) in [7, 11) is 5.60. The van der Waals surface area contributed by atoms with E-state index in [0.29, 0.717) is 5.75 Å². The van der Waals surface area contributed by atoms with E-state index in [-0.39, 0.29) is 16.9 Å². The maximum atomic E-state index is 12.7. The summed E-state index contributed by atoms with van der Waals surface area (Å²) < 4.78 is 11.0. The van der Waals surface area contributed by atoms with Crippen LogP contribution in [0.25, 0.3) is 0 Å². The van der Waals surface area contributed by atoms with Gasteiger partial charge in [-0.2, -0.15) is 0 Å². The van der Waals surface area contributed by atoms with Gasteiger partial charge in [0.25, 0.3) is 5.91 Å². The minimum Gasteiger partial charge on any atom is -0.467 e. The fourth-order valence-electron chi connectivity index (χ4n) is 2.52. The SMILES string of the molecule is COC(=O)[C@H](CSSC(C)(C)C)NC(=O)c1cn([C@H](Cc2ccncc2)C(=O)OC)nn1. The van der Waals surface area contributed by atoms with Crippen LogP contribution in [0.3, 0.4) is 0 Å². The molecular weight excluding hydrogens is 454 g/mol. The molecule has 12 heteroatoms. The Morgan fingerprint density at radius 3 is 2.38 bits per heavy atom. The Labute approximate surface area is 194 Å². The second-order valence-corrected chi connectivity index (χ2v) is 10.9. The van der Waals surface area contributed by atoms with Crippen molar-refractivity contribution in [3.05, 3.63) is 42.0 Å². The number of nitrogens with one attached hydrogen (secondary N) is 1. The molecule has 0 aromatic carbocycles. The lowest BCUT2D eigenvalue weighted by molar-refractivity contribution is -0.145. The van der Waals surface area contributed by atoms with Gasteiger partial charge in [0.15, 0.2) is 11.7 Å². The van der Waals surface area contributed by atoms with Crippen LogP contribution in [0.2, 0.25) is 0 Å². The van der Waals surface area contributed by atoms with Gasteiger partial charge in [0.05, 0.1) is 20.4 Å². The molecule has 174 valence electrons. The van der Waals surface area contributed by atoms with Crippen molar-refractivity contribution in [3.8, 4) is 0 Å². The molecule has 0 aliphatic heterocycles. The van der Waals surface area contributed by atoms with Gasteiger partial charge in [-0.1, -0.05) is 47.6 Å². The summed E-state index contributed by atoms with van der Waals surface area (Å²) >= 11 is 0. The first-order chi connectivity index (χ1) is 15.1. The number of aromatic nitrogens is 4. The predicted molar refractivity (Wildman–Crippen MR) is 122 cm³/mol. The first-order valence-corrected chi connectivity index (χ1v) is 12.0. The number of carbonyl (C=O) groups is 3. The lowest BCUT2D eigenvalue weighted by Crippen LogP contribution is -2.43. The highest BCUT2D eigenvalue weighted by atomic mass is 33.1. The zero-order valence-electron chi connectivity index (χ0n) is 18.6. The standard InChI is InChI=1S/C20H27N5O5S2/c1-20(2,3)32-31-12-15(18(27)29-4)22-17(26)14-11-25(24-23-14)16(19(28)30-5)10-13-6-8-21-9-7-13/h6-9,11,15-16H,10,12H2,1-5H3,(H,22,26)/t15-,16+/m0/s1. The molecule has 0 saturated heterocycles. The van der Waals surface area contributed by atoms with Crippen molar-refractivity contribution in [2.75, 3.05) is 20.0 Å². The number of carbonyl (C=O) groups excluding carboxylic acids is 3. The largest absolute Gasteiger partial charge is 0.467 e. The van der Waals surface area contributed by atoms with Crippen molar-refractivity contribution in [1.82, 2.24) is 25.3 Å². The molecule has 0 bridgehead atoms. The average Bonchev–Trinajstić information content (AvgIpc) is 3.25. The van der Waals surface area contributed by atoms with E-state index in [1.807, 2.05) is 0 Å². The molecular formula is C20H27N5O5S2. The monoisotopic (exact) mass is 481 g/mol. The zero-order chi connectivity index (χ0) is 23.7. The Balaban J connectivity index is 2.12. The molecule has 2 atom stereocenters. The van der Waals surface area contributed by atoms with Crippen LogP contribution < -0.4 is 5.32 Å². The van der Waals surface area contributed by atoms with E-state index in [1.54, 1.807) is 35.3 Å². The Morgan fingerprint density at radius 1 is 1.12 bits per heavy atom. The van der Waals surface area contributed by atoms with E-state index in [1.165, 1.54) is 35.9 Å². The molecule has 10 nitrogen and oxygen atoms in total. The number of esters is 2. The van der Waals surface area contributed by atoms with Gasteiger partial charge in [0, 0.05) is 29.3 Å². The second kappa shape index (κ2) is 11.9. The molecule has 0 aliphatic carbocycles. The number of hydrogen-bond acceptors (Lipinski definition) is 10. The summed E-state index contributed by atoms with van der Waals surface area (Å²) in [5.41, 5.74) is 0.812. The lowest BCUT2D eigenvalue weighted by atomic mass is 10.1. The fourth-order valence-corrected chi connectivity index (χ4v) is 4.97. The molecule has 0 saturated carbocycles. The third kappa shape index (κ3) is 7.83. The highest BCUT2D eigenvalue weighted by Crippen LogP contribution is 2.35. The van der Waals surface area contributed by atoms with E-state index in [2.05, 4.69) is 41.4 Å². The lowest BCUT2D eigenvalue weighted by Gasteiger charge is -2.19. The molecule has 2 rings (SSSR count). The normalized spacial score (nSPS) is 13.2. The van der Waals surface area contributed by atoms with Gasteiger partial charge in [-0.3, -0.25) is 9.78 Å². The van der Waals surface area contributed by atoms with Gasteiger partial charge in [-0.05, 0) is 17.7 Å². The van der Waals surface area contributed by atoms with Crippen molar-refractivity contribution in [3.63, 3.8) is 0 Å². The van der Waals surface area contributed by atoms with Crippen LogP contribution in [0.5, 0.6) is 0 Å². The average molecular weight is 482 g/mol. The second-order valence-electron chi connectivity index (χ2n) is 7.71. The Kier molecular flexibility index (Phi) is 9.51. The highest BCUT2D eigenvalue weighted by molar-refractivity contribution is 8.77. The summed E-state index contributed by atoms with van der Waals surface area (Å²) in [4.78, 5) is 41.1. The van der Waals surface area contributed by atoms with Crippen LogP contribution in [-0.4, -0.2) is 68.6 Å². The van der Waals surface area contributed by atoms with Crippen molar-refractivity contribution in [2.45, 2.75) is 44.0 Å². The number of pyridine rings is 1. The minimum absolute atomic E-state index is 0.00421. The number of methoxy groups -OCH3 is 2. The number of hydrogen-bond donors (Lipinski definition) is 1. The van der Waals surface area contributed by atoms with E-state index in [9.17, 15) is 14.4 Å². The third-order valence-corrected chi connectivity index (χ3v) is 7.40. The quantitative estimate of drug-likeness (QED) is 0.398. The molecule has 0 radical (unpaired) electrons. The van der Waals surface area contributed by atoms with Crippen molar-refractivity contribution in [1.29, 1.82) is 0 Å². The minimum atomic E-state index is -0.856. The van der Waals surface area contributed by atoms with Crippen LogP contribution in [0.4, 0.5) is 0 Å². The first-order valence-electron chi connectivity index (χ1n) is 9.72. The molecule has 1 amide bonds. The number of ether oxygens (including phenoxy) is 2. The molecule has 0 aliphatic rings. The molecule has 1 N–H and O–H groups in total. The van der Waals surface area contributed by atoms with E-state index >= 15 is 0 Å². The van der Waals surface area contributed by atoms with Gasteiger partial charge >= 0.3 is 11.9 Å². The Bertz CT molecular complexity index is 917. The Morgan fingerprint density at radius 2 is 1.78 bits per heavy atom. The van der Waals surface area contributed by atoms with Gasteiger partial charge in [0.2, 0.25) is 0 Å². The van der Waals surface area contributed by atoms with Gasteiger partial charge < -0.3 is 14.8 Å². The van der Waals surface area contributed by atoms with Crippen LogP contribution >= 0.6 is 21.6 Å². The van der Waals surface area contributed by atoms with Gasteiger partial charge in [-0.15, -0.1) is 5.10 Å². The van der Waals surface area contributed by atoms with Crippen molar-refractivity contribution in [2.24, 2.45) is 0 Å². The van der Waals surface area contributed by atoms with Crippen LogP contribution in [0.1, 0.15) is 42.9 Å². The number of nitrogens with zero attached hydrogens (tertiary/aromatic N) is 4. The molecule has 0 fully saturated rings. The maximum Gasteiger partial charge on any atom is 0.331 e. The zero-order valence-corrected chi connectivity index (χ0v) is 20.2. The molecule has 2 aromatic rings. The number of rotatable bonds is 10. The van der Waals surface area contributed by atoms with Crippen LogP contribution in [0, 0.1) is 0 Å². The summed E-state index contributed by atoms with van der Waals surface area (Å²) in [6.45, 7) is 6.16. The highest BCUT2D eigenvalue weighted by Gasteiger charge is 2.27. The smallest absolute Gasteiger partial charge is 0.331 e. The van der Waals surface area contributed by atoms with Crippen molar-refractivity contribution < 1.29 is 23.9 Å². The summed E-state index contributed by atoms with van der Waals surface area (Å²) in [5, 5.41) is 10.4. The summed E-state index contributed by atoms with van der Waals surface area (Å²) in [5.74, 6) is -1.36. The predicted octanol–water partition coefficient (Wildman–Crippen LogP) is 2.08. The Hall–Kier alpha value is -2.60. The molecule has 0 spiro atoms. The topological polar surface area (TPSA) is 125 Å². The number of amides is 1. The fraction of sp³-hybridized carbons (Fsp3) is 0.500. The maximum absolute atomic E-state index is 12.7. The first kappa shape index (κ1) is 25.7. The molecule has 2 aromatic heterocycles.